The van der Waals surface area contributed by atoms with E-state index in [1.165, 1.54) is 13.8 Å². The van der Waals surface area contributed by atoms with Crippen molar-refractivity contribution in [3.63, 3.8) is 0 Å². The van der Waals surface area contributed by atoms with E-state index in [9.17, 15) is 9.59 Å². The second kappa shape index (κ2) is 8.97. The molecular formula is C5H10O4Ti. The third-order valence-corrected chi connectivity index (χ3v) is 0.498. The molecular weight excluding hydrogens is 172 g/mol. The molecule has 0 radical (unpaired) electrons. The molecule has 0 aliphatic carbocycles. The zero-order valence-corrected chi connectivity index (χ0v) is 7.48. The Morgan fingerprint density at radius 2 is 1.40 bits per heavy atom. The Balaban J connectivity index is 0. The van der Waals surface area contributed by atoms with E-state index in [0.717, 1.165) is 0 Å². The van der Waals surface area contributed by atoms with E-state index in [0.29, 0.717) is 0 Å². The van der Waals surface area contributed by atoms with E-state index in [4.69, 9.17) is 7.38 Å². The summed E-state index contributed by atoms with van der Waals surface area (Å²) in [6.07, 6.45) is 0.0833. The van der Waals surface area contributed by atoms with Crippen molar-refractivity contribution in [3.05, 3.63) is 0 Å². The third-order valence-electron chi connectivity index (χ3n) is 0.498. The Hall–Kier alpha value is -0.0257. The molecule has 0 aromatic heterocycles. The van der Waals surface area contributed by atoms with Crippen LogP contribution in [0.25, 0.3) is 0 Å². The Bertz CT molecular complexity index is 100. The summed E-state index contributed by atoms with van der Waals surface area (Å²) >= 11 is -1.50. The Morgan fingerprint density at radius 1 is 1.20 bits per heavy atom. The van der Waals surface area contributed by atoms with Crippen LogP contribution in [0.3, 0.4) is 0 Å². The van der Waals surface area contributed by atoms with E-state index in [2.05, 4.69) is 0 Å². The number of rotatable bonds is 2. The first-order valence-electron chi connectivity index (χ1n) is 2.56. The Morgan fingerprint density at radius 3 is 1.40 bits per heavy atom. The molecule has 0 atom stereocenters. The summed E-state index contributed by atoms with van der Waals surface area (Å²) < 4.78 is 14.5. The van der Waals surface area contributed by atoms with Gasteiger partial charge in [-0.15, -0.1) is 0 Å². The fourth-order valence-corrected chi connectivity index (χ4v) is 0.351. The van der Waals surface area contributed by atoms with Gasteiger partial charge in [0.2, 0.25) is 0 Å². The molecule has 0 spiro atoms. The van der Waals surface area contributed by atoms with E-state index in [1.807, 2.05) is 0 Å². The van der Waals surface area contributed by atoms with E-state index in [-0.39, 0.29) is 18.0 Å². The average molecular weight is 182 g/mol. The molecule has 0 aliphatic heterocycles. The van der Waals surface area contributed by atoms with Crippen LogP contribution in [0.5, 0.6) is 0 Å². The zero-order valence-electron chi connectivity index (χ0n) is 5.92. The van der Waals surface area contributed by atoms with E-state index < -0.39 is 19.9 Å². The molecule has 0 unspecified atom stereocenters. The minimum atomic E-state index is -1.50. The van der Waals surface area contributed by atoms with Crippen molar-refractivity contribution in [2.24, 2.45) is 0 Å². The Kier molecular flexibility index (Phi) is 11.3. The second-order valence-electron chi connectivity index (χ2n) is 1.68. The number of carbonyl (C=O) groups is 2. The van der Waals surface area contributed by atoms with E-state index in [1.54, 1.807) is 0 Å². The van der Waals surface area contributed by atoms with Gasteiger partial charge in [-0.05, 0) is 13.8 Å². The zero-order chi connectivity index (χ0) is 8.57. The topological polar surface area (TPSA) is 74.6 Å². The van der Waals surface area contributed by atoms with Crippen LogP contribution in [0, 0.1) is 0 Å². The van der Waals surface area contributed by atoms with Gasteiger partial charge < -0.3 is 0 Å². The molecule has 0 aliphatic rings. The molecule has 5 heteroatoms. The molecule has 0 saturated carbocycles. The van der Waals surface area contributed by atoms with Gasteiger partial charge in [-0.3, -0.25) is 9.59 Å². The van der Waals surface area contributed by atoms with Gasteiger partial charge in [0.05, 0.1) is 6.42 Å². The van der Waals surface area contributed by atoms with Crippen molar-refractivity contribution < 1.29 is 36.9 Å². The molecule has 58 valence electrons. The first-order chi connectivity index (χ1) is 4.54. The molecule has 4 nitrogen and oxygen atoms in total. The fourth-order valence-electron chi connectivity index (χ4n) is 0.351. The van der Waals surface area contributed by atoms with Gasteiger partial charge in [0, 0.05) is 0 Å². The summed E-state index contributed by atoms with van der Waals surface area (Å²) in [6, 6.07) is 0. The first kappa shape index (κ1) is 12.6. The molecule has 0 fully saturated rings. The van der Waals surface area contributed by atoms with Gasteiger partial charge in [-0.2, -0.15) is 0 Å². The van der Waals surface area contributed by atoms with Crippen LogP contribution in [0.1, 0.15) is 20.3 Å². The summed E-state index contributed by atoms with van der Waals surface area (Å²) in [5.41, 5.74) is 0. The molecule has 10 heavy (non-hydrogen) atoms. The van der Waals surface area contributed by atoms with Crippen molar-refractivity contribution in [2.45, 2.75) is 20.3 Å². The van der Waals surface area contributed by atoms with Crippen LogP contribution in [0.15, 0.2) is 0 Å². The molecule has 0 aromatic carbocycles. The van der Waals surface area contributed by atoms with Crippen molar-refractivity contribution >= 4 is 11.6 Å². The second-order valence-corrected chi connectivity index (χ2v) is 1.99. The number of hydrogen-bond donors (Lipinski definition) is 2. The molecule has 0 saturated heterocycles. The Labute approximate surface area is 69.1 Å². The van der Waals surface area contributed by atoms with Crippen molar-refractivity contribution in [1.29, 1.82) is 0 Å². The van der Waals surface area contributed by atoms with Crippen LogP contribution in [0.2, 0.25) is 0 Å². The summed E-state index contributed by atoms with van der Waals surface area (Å²) in [5.74, 6) is -0.125. The SMILES string of the molecule is CC(=O)CC(C)=O.[OH][Ti][OH]. The minimum absolute atomic E-state index is 0.0625. The summed E-state index contributed by atoms with van der Waals surface area (Å²) in [4.78, 5) is 20.1. The number of ketones is 2. The van der Waals surface area contributed by atoms with Crippen LogP contribution in [0.4, 0.5) is 0 Å². The predicted molar refractivity (Wildman–Crippen MR) is 30.4 cm³/mol. The van der Waals surface area contributed by atoms with Crippen molar-refractivity contribution in [2.75, 3.05) is 0 Å². The predicted octanol–water partition coefficient (Wildman–Crippen LogP) is -0.562. The quantitative estimate of drug-likeness (QED) is 0.443. The molecule has 0 heterocycles. The standard InChI is InChI=1S/C5H8O2.2H2O.Ti/c1-4(6)3-5(2)7;;;/h3H2,1-2H3;2*1H2;/q;;;+2/p-2. The molecule has 0 aromatic rings. The van der Waals surface area contributed by atoms with E-state index >= 15 is 0 Å². The summed E-state index contributed by atoms with van der Waals surface area (Å²) in [7, 11) is 0. The number of hydrogen-bond acceptors (Lipinski definition) is 4. The maximum absolute atomic E-state index is 10.0. The molecule has 2 N–H and O–H groups in total. The monoisotopic (exact) mass is 182 g/mol. The summed E-state index contributed by atoms with van der Waals surface area (Å²) in [5, 5.41) is 0. The van der Waals surface area contributed by atoms with Crippen molar-refractivity contribution in [3.8, 4) is 0 Å². The van der Waals surface area contributed by atoms with Crippen LogP contribution < -0.4 is 0 Å². The van der Waals surface area contributed by atoms with Gasteiger partial charge in [0.1, 0.15) is 11.6 Å². The normalized spacial score (nSPS) is 7.20. The molecule has 0 bridgehead atoms. The van der Waals surface area contributed by atoms with Crippen LogP contribution in [-0.2, 0) is 29.5 Å². The van der Waals surface area contributed by atoms with Gasteiger partial charge in [-0.1, -0.05) is 0 Å². The average Bonchev–Trinajstić information content (AvgIpc) is 1.62. The van der Waals surface area contributed by atoms with Crippen LogP contribution >= 0.6 is 0 Å². The fraction of sp³-hybridized carbons (Fsp3) is 0.600. The number of Topliss-reactive ketones (excluding diaryl/α,β-unsaturated/α-hetero) is 2. The van der Waals surface area contributed by atoms with Gasteiger partial charge >= 0.3 is 27.3 Å². The maximum atomic E-state index is 10.0. The van der Waals surface area contributed by atoms with Gasteiger partial charge in [-0.25, -0.2) is 0 Å². The first-order valence-corrected chi connectivity index (χ1v) is 3.96. The molecule has 0 amide bonds. The summed E-state index contributed by atoms with van der Waals surface area (Å²) in [6.45, 7) is 2.81. The van der Waals surface area contributed by atoms with Crippen molar-refractivity contribution in [1.82, 2.24) is 0 Å². The molecule has 0 rings (SSSR count). The van der Waals surface area contributed by atoms with Gasteiger partial charge in [0.15, 0.2) is 0 Å². The van der Waals surface area contributed by atoms with Crippen LogP contribution in [-0.4, -0.2) is 18.9 Å². The number of carbonyl (C=O) groups excluding carboxylic acids is 2. The van der Waals surface area contributed by atoms with Gasteiger partial charge in [0.25, 0.3) is 0 Å². The third kappa shape index (κ3) is 24.6.